The summed E-state index contributed by atoms with van der Waals surface area (Å²) in [5.74, 6) is -1.13. The number of thiazole rings is 1. The van der Waals surface area contributed by atoms with Crippen molar-refractivity contribution >= 4 is 39.7 Å². The molecule has 0 atom stereocenters. The van der Waals surface area contributed by atoms with Crippen LogP contribution >= 0.6 is 11.3 Å². The molecule has 4 rings (SSSR count). The molecule has 0 aliphatic rings. The Morgan fingerprint density at radius 3 is 2.55 bits per heavy atom. The average Bonchev–Trinajstić information content (AvgIpc) is 3.30. The van der Waals surface area contributed by atoms with Crippen LogP contribution in [0.4, 0.5) is 10.8 Å². The molecule has 0 saturated carbocycles. The van der Waals surface area contributed by atoms with Gasteiger partial charge in [0.2, 0.25) is 0 Å². The molecule has 0 radical (unpaired) electrons. The molecule has 29 heavy (non-hydrogen) atoms. The van der Waals surface area contributed by atoms with E-state index in [1.807, 2.05) is 28.8 Å². The number of nitrogens with zero attached hydrogens (tertiary/aromatic N) is 3. The minimum atomic E-state index is -0.989. The minimum Gasteiger partial charge on any atom is -0.478 e. The summed E-state index contributed by atoms with van der Waals surface area (Å²) in [5, 5.41) is 17.6. The van der Waals surface area contributed by atoms with Crippen LogP contribution in [0.25, 0.3) is 17.0 Å². The standard InChI is InChI=1S/C20H17N5O3S/c1-11-17(25-8-7-13(19(27)28)9-16(25)22-11)15-10-29-20(24-15)23-14-5-3-12(4-6-14)18(26)21-2/h3-10H,1-2H3,(H,21,26)(H,23,24)(H,27,28). The third-order valence-corrected chi connectivity index (χ3v) is 5.18. The van der Waals surface area contributed by atoms with Crippen LogP contribution in [-0.2, 0) is 0 Å². The third-order valence-electron chi connectivity index (χ3n) is 4.42. The predicted octanol–water partition coefficient (Wildman–Crippen LogP) is 3.57. The molecule has 1 aromatic carbocycles. The smallest absolute Gasteiger partial charge is 0.335 e. The topological polar surface area (TPSA) is 109 Å². The number of pyridine rings is 1. The summed E-state index contributed by atoms with van der Waals surface area (Å²) in [5.41, 5.74) is 4.47. The van der Waals surface area contributed by atoms with E-state index >= 15 is 0 Å². The van der Waals surface area contributed by atoms with Crippen LogP contribution in [0.5, 0.6) is 0 Å². The van der Waals surface area contributed by atoms with Crippen molar-refractivity contribution in [3.05, 3.63) is 64.8 Å². The van der Waals surface area contributed by atoms with E-state index < -0.39 is 5.97 Å². The van der Waals surface area contributed by atoms with Gasteiger partial charge in [0.15, 0.2) is 5.13 Å². The van der Waals surface area contributed by atoms with Gasteiger partial charge in [-0.05, 0) is 43.3 Å². The fourth-order valence-electron chi connectivity index (χ4n) is 3.02. The zero-order valence-corrected chi connectivity index (χ0v) is 16.4. The average molecular weight is 407 g/mol. The molecule has 0 unspecified atom stereocenters. The van der Waals surface area contributed by atoms with Crippen molar-refractivity contribution in [3.63, 3.8) is 0 Å². The first kappa shape index (κ1) is 18.6. The van der Waals surface area contributed by atoms with Crippen LogP contribution in [0.2, 0.25) is 0 Å². The number of benzene rings is 1. The maximum atomic E-state index is 11.6. The molecule has 9 heteroatoms. The van der Waals surface area contributed by atoms with Crippen molar-refractivity contribution in [3.8, 4) is 11.4 Å². The molecule has 146 valence electrons. The highest BCUT2D eigenvalue weighted by Crippen LogP contribution is 2.30. The lowest BCUT2D eigenvalue weighted by molar-refractivity contribution is 0.0696. The number of rotatable bonds is 5. The van der Waals surface area contributed by atoms with E-state index in [1.54, 1.807) is 37.5 Å². The molecule has 0 aliphatic heterocycles. The van der Waals surface area contributed by atoms with Crippen LogP contribution in [0.3, 0.4) is 0 Å². The number of imidazole rings is 1. The second-order valence-corrected chi connectivity index (χ2v) is 7.17. The van der Waals surface area contributed by atoms with E-state index in [1.165, 1.54) is 11.3 Å². The Balaban J connectivity index is 1.61. The molecular weight excluding hydrogens is 390 g/mol. The Labute approximate surface area is 169 Å². The number of anilines is 2. The van der Waals surface area contributed by atoms with Crippen LogP contribution < -0.4 is 10.6 Å². The van der Waals surface area contributed by atoms with Crippen molar-refractivity contribution in [2.24, 2.45) is 0 Å². The fraction of sp³-hybridized carbons (Fsp3) is 0.100. The van der Waals surface area contributed by atoms with Gasteiger partial charge >= 0.3 is 5.97 Å². The summed E-state index contributed by atoms with van der Waals surface area (Å²) in [6.45, 7) is 1.87. The highest BCUT2D eigenvalue weighted by atomic mass is 32.1. The number of carbonyl (C=O) groups excluding carboxylic acids is 1. The number of aromatic carboxylic acids is 1. The van der Waals surface area contributed by atoms with Crippen molar-refractivity contribution < 1.29 is 14.7 Å². The van der Waals surface area contributed by atoms with Gasteiger partial charge < -0.3 is 15.7 Å². The summed E-state index contributed by atoms with van der Waals surface area (Å²) < 4.78 is 1.83. The van der Waals surface area contributed by atoms with E-state index in [2.05, 4.69) is 20.6 Å². The molecule has 0 spiro atoms. The highest BCUT2D eigenvalue weighted by molar-refractivity contribution is 7.14. The Morgan fingerprint density at radius 1 is 1.10 bits per heavy atom. The van der Waals surface area contributed by atoms with Crippen molar-refractivity contribution in [1.82, 2.24) is 19.7 Å². The number of carbonyl (C=O) groups is 2. The minimum absolute atomic E-state index is 0.137. The molecule has 0 bridgehead atoms. The van der Waals surface area contributed by atoms with Gasteiger partial charge in [0, 0.05) is 29.9 Å². The molecule has 0 aliphatic carbocycles. The van der Waals surface area contributed by atoms with Gasteiger partial charge in [-0.3, -0.25) is 9.20 Å². The summed E-state index contributed by atoms with van der Waals surface area (Å²) in [6, 6.07) is 10.2. The maximum Gasteiger partial charge on any atom is 0.335 e. The van der Waals surface area contributed by atoms with Crippen molar-refractivity contribution in [2.75, 3.05) is 12.4 Å². The van der Waals surface area contributed by atoms with Gasteiger partial charge in [-0.15, -0.1) is 11.3 Å². The summed E-state index contributed by atoms with van der Waals surface area (Å²) in [4.78, 5) is 31.9. The van der Waals surface area contributed by atoms with E-state index in [0.717, 1.165) is 22.8 Å². The summed E-state index contributed by atoms with van der Waals surface area (Å²) in [6.07, 6.45) is 1.69. The van der Waals surface area contributed by atoms with Crippen LogP contribution in [0.1, 0.15) is 26.4 Å². The number of hydrogen-bond donors (Lipinski definition) is 3. The lowest BCUT2D eigenvalue weighted by Crippen LogP contribution is -2.17. The molecule has 4 aromatic rings. The summed E-state index contributed by atoms with van der Waals surface area (Å²) >= 11 is 1.45. The zero-order chi connectivity index (χ0) is 20.5. The Kier molecular flexibility index (Phi) is 4.73. The predicted molar refractivity (Wildman–Crippen MR) is 111 cm³/mol. The number of carboxylic acid groups (broad SMARTS) is 1. The van der Waals surface area contributed by atoms with Gasteiger partial charge in [-0.25, -0.2) is 14.8 Å². The van der Waals surface area contributed by atoms with Crippen LogP contribution in [0, 0.1) is 6.92 Å². The molecule has 3 N–H and O–H groups in total. The molecule has 3 heterocycles. The number of fused-ring (bicyclic) bond motifs is 1. The number of carboxylic acids is 1. The van der Waals surface area contributed by atoms with Crippen LogP contribution in [-0.4, -0.2) is 38.4 Å². The number of nitrogens with one attached hydrogen (secondary N) is 2. The van der Waals surface area contributed by atoms with Crippen LogP contribution in [0.15, 0.2) is 48.0 Å². The second-order valence-electron chi connectivity index (χ2n) is 6.31. The first-order valence-corrected chi connectivity index (χ1v) is 9.61. The van der Waals surface area contributed by atoms with Gasteiger partial charge in [-0.1, -0.05) is 0 Å². The maximum absolute atomic E-state index is 11.6. The van der Waals surface area contributed by atoms with E-state index in [-0.39, 0.29) is 11.5 Å². The fourth-order valence-corrected chi connectivity index (χ4v) is 3.73. The molecule has 3 aromatic heterocycles. The SMILES string of the molecule is CNC(=O)c1ccc(Nc2nc(-c3c(C)nc4cc(C(=O)O)ccn34)cs2)cc1. The normalized spacial score (nSPS) is 10.8. The third kappa shape index (κ3) is 3.55. The highest BCUT2D eigenvalue weighted by Gasteiger charge is 2.16. The largest absolute Gasteiger partial charge is 0.478 e. The van der Waals surface area contributed by atoms with E-state index in [4.69, 9.17) is 5.11 Å². The Morgan fingerprint density at radius 2 is 1.86 bits per heavy atom. The molecule has 0 fully saturated rings. The van der Waals surface area contributed by atoms with Gasteiger partial charge in [-0.2, -0.15) is 0 Å². The van der Waals surface area contributed by atoms with Gasteiger partial charge in [0.05, 0.1) is 17.0 Å². The van der Waals surface area contributed by atoms with Crippen molar-refractivity contribution in [2.45, 2.75) is 6.92 Å². The number of amides is 1. The lowest BCUT2D eigenvalue weighted by Gasteiger charge is -2.04. The molecular formula is C20H17N5O3S. The quantitative estimate of drug-likeness (QED) is 0.467. The Bertz CT molecular complexity index is 1230. The Hall–Kier alpha value is -3.72. The van der Waals surface area contributed by atoms with Gasteiger partial charge in [0.1, 0.15) is 11.3 Å². The number of aryl methyl sites for hydroxylation is 1. The zero-order valence-electron chi connectivity index (χ0n) is 15.6. The first-order valence-electron chi connectivity index (χ1n) is 8.73. The van der Waals surface area contributed by atoms with Crippen molar-refractivity contribution in [1.29, 1.82) is 0 Å². The summed E-state index contributed by atoms with van der Waals surface area (Å²) in [7, 11) is 1.59. The van der Waals surface area contributed by atoms with E-state index in [9.17, 15) is 9.59 Å². The molecule has 8 nitrogen and oxygen atoms in total. The van der Waals surface area contributed by atoms with E-state index in [0.29, 0.717) is 16.3 Å². The second kappa shape index (κ2) is 7.36. The number of hydrogen-bond acceptors (Lipinski definition) is 6. The monoisotopic (exact) mass is 407 g/mol. The number of aromatic nitrogens is 3. The van der Waals surface area contributed by atoms with Gasteiger partial charge in [0.25, 0.3) is 5.91 Å². The first-order chi connectivity index (χ1) is 14.0. The lowest BCUT2D eigenvalue weighted by atomic mass is 10.2. The molecule has 0 saturated heterocycles. The molecule has 1 amide bonds.